The van der Waals surface area contributed by atoms with Gasteiger partial charge in [0.25, 0.3) is 10.1 Å². The van der Waals surface area contributed by atoms with Gasteiger partial charge in [-0.1, -0.05) is 54.6 Å². The molecular weight excluding hydrogens is 380 g/mol. The summed E-state index contributed by atoms with van der Waals surface area (Å²) in [5.74, 6) is -0.366. The van der Waals surface area contributed by atoms with Gasteiger partial charge in [-0.25, -0.2) is 0 Å². The van der Waals surface area contributed by atoms with Crippen LogP contribution in [0.25, 0.3) is 0 Å². The zero-order chi connectivity index (χ0) is 20.0. The molecule has 1 saturated heterocycles. The molecule has 0 bridgehead atoms. The van der Waals surface area contributed by atoms with Crippen LogP contribution in [-0.2, 0) is 40.6 Å². The van der Waals surface area contributed by atoms with E-state index in [9.17, 15) is 13.2 Å². The molecule has 3 atom stereocenters. The molecule has 0 N–H and O–H groups in total. The van der Waals surface area contributed by atoms with Crippen LogP contribution in [0.3, 0.4) is 0 Å². The molecule has 7 heteroatoms. The summed E-state index contributed by atoms with van der Waals surface area (Å²) in [6, 6.07) is 17.4. The molecule has 1 aliphatic heterocycles. The second kappa shape index (κ2) is 6.69. The Bertz CT molecular complexity index is 1000. The Balaban J connectivity index is 1.89. The molecule has 1 heterocycles. The molecule has 1 aliphatic carbocycles. The number of ether oxygens (including phenoxy) is 2. The average molecular weight is 402 g/mol. The molecule has 0 spiro atoms. The molecule has 0 saturated carbocycles. The van der Waals surface area contributed by atoms with Gasteiger partial charge in [-0.3, -0.25) is 8.98 Å². The Morgan fingerprint density at radius 1 is 1.14 bits per heavy atom. The van der Waals surface area contributed by atoms with E-state index in [1.165, 1.54) is 7.11 Å². The predicted molar refractivity (Wildman–Crippen MR) is 102 cm³/mol. The van der Waals surface area contributed by atoms with Gasteiger partial charge >= 0.3 is 5.97 Å². The minimum Gasteiger partial charge on any atom is -0.468 e. The number of hydrogen-bond acceptors (Lipinski definition) is 6. The van der Waals surface area contributed by atoms with Crippen LogP contribution in [-0.4, -0.2) is 40.5 Å². The Morgan fingerprint density at radius 3 is 2.50 bits per heavy atom. The Hall–Kier alpha value is -2.22. The SMILES string of the molecule is COC(=O)[C@]12Cc3ccccc3[C@@]1(c1ccccc1)OC(COS(C)(=O)=O)C2. The average Bonchev–Trinajstić information content (AvgIpc) is 3.15. The zero-order valence-corrected chi connectivity index (χ0v) is 16.6. The fraction of sp³-hybridized carbons (Fsp3) is 0.381. The maximum absolute atomic E-state index is 13.1. The first-order valence-corrected chi connectivity index (χ1v) is 10.9. The smallest absolute Gasteiger partial charge is 0.315 e. The van der Waals surface area contributed by atoms with Crippen LogP contribution in [0, 0.1) is 5.41 Å². The van der Waals surface area contributed by atoms with Gasteiger partial charge in [-0.15, -0.1) is 0 Å². The molecule has 6 nitrogen and oxygen atoms in total. The molecule has 0 aromatic heterocycles. The summed E-state index contributed by atoms with van der Waals surface area (Å²) in [5, 5.41) is 0. The molecule has 1 fully saturated rings. The number of hydrogen-bond donors (Lipinski definition) is 0. The van der Waals surface area contributed by atoms with Crippen molar-refractivity contribution in [3.63, 3.8) is 0 Å². The Kier molecular flexibility index (Phi) is 4.56. The number of rotatable bonds is 5. The third-order valence-electron chi connectivity index (χ3n) is 5.71. The maximum atomic E-state index is 13.1. The summed E-state index contributed by atoms with van der Waals surface area (Å²) >= 11 is 0. The van der Waals surface area contributed by atoms with E-state index in [0.717, 1.165) is 22.9 Å². The quantitative estimate of drug-likeness (QED) is 0.565. The number of carbonyl (C=O) groups excluding carboxylic acids is 1. The van der Waals surface area contributed by atoms with Gasteiger partial charge in [-0.2, -0.15) is 8.42 Å². The topological polar surface area (TPSA) is 78.9 Å². The summed E-state index contributed by atoms with van der Waals surface area (Å²) in [6.45, 7) is -0.145. The van der Waals surface area contributed by atoms with Crippen molar-refractivity contribution < 1.29 is 26.9 Å². The van der Waals surface area contributed by atoms with Crippen LogP contribution < -0.4 is 0 Å². The third kappa shape index (κ3) is 2.77. The highest BCUT2D eigenvalue weighted by Gasteiger charge is 2.69. The first-order chi connectivity index (χ1) is 13.3. The lowest BCUT2D eigenvalue weighted by atomic mass is 9.68. The van der Waals surface area contributed by atoms with Gasteiger partial charge in [-0.05, 0) is 29.5 Å². The molecule has 0 radical (unpaired) electrons. The van der Waals surface area contributed by atoms with Gasteiger partial charge in [0.05, 0.1) is 26.1 Å². The molecule has 1 unspecified atom stereocenters. The van der Waals surface area contributed by atoms with E-state index in [4.69, 9.17) is 13.7 Å². The van der Waals surface area contributed by atoms with Crippen LogP contribution in [0.5, 0.6) is 0 Å². The second-order valence-electron chi connectivity index (χ2n) is 7.39. The minimum atomic E-state index is -3.62. The fourth-order valence-electron chi connectivity index (χ4n) is 4.76. The minimum absolute atomic E-state index is 0.145. The summed E-state index contributed by atoms with van der Waals surface area (Å²) in [6.07, 6.45) is 1.20. The summed E-state index contributed by atoms with van der Waals surface area (Å²) in [4.78, 5) is 13.1. The molecule has 148 valence electrons. The number of methoxy groups -OCH3 is 1. The molecule has 0 amide bonds. The number of fused-ring (bicyclic) bond motifs is 3. The van der Waals surface area contributed by atoms with Crippen molar-refractivity contribution in [3.8, 4) is 0 Å². The van der Waals surface area contributed by atoms with E-state index in [2.05, 4.69) is 0 Å². The Labute approximate surface area is 164 Å². The van der Waals surface area contributed by atoms with E-state index < -0.39 is 27.2 Å². The van der Waals surface area contributed by atoms with Gasteiger partial charge in [0.1, 0.15) is 11.0 Å². The molecule has 28 heavy (non-hydrogen) atoms. The van der Waals surface area contributed by atoms with Crippen LogP contribution in [0.1, 0.15) is 23.1 Å². The van der Waals surface area contributed by atoms with Crippen molar-refractivity contribution >= 4 is 16.1 Å². The van der Waals surface area contributed by atoms with E-state index in [-0.39, 0.29) is 12.6 Å². The van der Waals surface area contributed by atoms with Crippen LogP contribution >= 0.6 is 0 Å². The zero-order valence-electron chi connectivity index (χ0n) is 15.8. The highest BCUT2D eigenvalue weighted by molar-refractivity contribution is 7.85. The highest BCUT2D eigenvalue weighted by Crippen LogP contribution is 2.63. The summed E-state index contributed by atoms with van der Waals surface area (Å²) in [5.41, 5.74) is 0.738. The first-order valence-electron chi connectivity index (χ1n) is 9.07. The van der Waals surface area contributed by atoms with E-state index in [1.54, 1.807) is 0 Å². The van der Waals surface area contributed by atoms with Gasteiger partial charge < -0.3 is 9.47 Å². The number of carbonyl (C=O) groups is 1. The largest absolute Gasteiger partial charge is 0.468 e. The first kappa shape index (κ1) is 19.1. The van der Waals surface area contributed by atoms with Crippen LogP contribution in [0.15, 0.2) is 54.6 Å². The van der Waals surface area contributed by atoms with Crippen molar-refractivity contribution in [1.29, 1.82) is 0 Å². The van der Waals surface area contributed by atoms with Crippen LogP contribution in [0.2, 0.25) is 0 Å². The van der Waals surface area contributed by atoms with Crippen molar-refractivity contribution in [1.82, 2.24) is 0 Å². The van der Waals surface area contributed by atoms with Gasteiger partial charge in [0.15, 0.2) is 0 Å². The van der Waals surface area contributed by atoms with Crippen molar-refractivity contribution in [3.05, 3.63) is 71.3 Å². The molecule has 2 aliphatic rings. The van der Waals surface area contributed by atoms with Gasteiger partial charge in [0.2, 0.25) is 0 Å². The lowest BCUT2D eigenvalue weighted by Crippen LogP contribution is -2.46. The van der Waals surface area contributed by atoms with Crippen molar-refractivity contribution in [2.75, 3.05) is 20.0 Å². The lowest BCUT2D eigenvalue weighted by Gasteiger charge is -2.38. The van der Waals surface area contributed by atoms with E-state index in [1.807, 2.05) is 54.6 Å². The molecule has 2 aromatic rings. The second-order valence-corrected chi connectivity index (χ2v) is 9.03. The van der Waals surface area contributed by atoms with Gasteiger partial charge in [0, 0.05) is 0 Å². The molecule has 4 rings (SSSR count). The summed E-state index contributed by atoms with van der Waals surface area (Å²) < 4.78 is 39.7. The van der Waals surface area contributed by atoms with E-state index >= 15 is 0 Å². The predicted octanol–water partition coefficient (Wildman–Crippen LogP) is 2.41. The lowest BCUT2D eigenvalue weighted by molar-refractivity contribution is -0.161. The maximum Gasteiger partial charge on any atom is 0.315 e. The van der Waals surface area contributed by atoms with Crippen molar-refractivity contribution in [2.45, 2.75) is 24.5 Å². The number of benzene rings is 2. The number of esters is 1. The normalized spacial score (nSPS) is 28.6. The third-order valence-corrected chi connectivity index (χ3v) is 6.27. The van der Waals surface area contributed by atoms with Crippen molar-refractivity contribution in [2.24, 2.45) is 5.41 Å². The highest BCUT2D eigenvalue weighted by atomic mass is 32.2. The fourth-order valence-corrected chi connectivity index (χ4v) is 5.16. The summed E-state index contributed by atoms with van der Waals surface area (Å²) in [7, 11) is -2.25. The molecular formula is C21H22O6S. The monoisotopic (exact) mass is 402 g/mol. The van der Waals surface area contributed by atoms with Crippen LogP contribution in [0.4, 0.5) is 0 Å². The van der Waals surface area contributed by atoms with E-state index in [0.29, 0.717) is 12.8 Å². The molecule has 2 aromatic carbocycles. The standard InChI is InChI=1S/C21H22O6S/c1-25-19(22)20-12-15-8-6-7-11-18(15)21(20,16-9-4-3-5-10-16)27-17(13-20)14-26-28(2,23)24/h3-11,17H,12-14H2,1-2H3/t17?,20-,21-/m1/s1. The Morgan fingerprint density at radius 2 is 1.82 bits per heavy atom.